The van der Waals surface area contributed by atoms with E-state index in [-0.39, 0.29) is 5.97 Å². The molecule has 0 bridgehead atoms. The molecule has 0 saturated carbocycles. The predicted molar refractivity (Wildman–Crippen MR) is 101 cm³/mol. The van der Waals surface area contributed by atoms with E-state index < -0.39 is 8.32 Å². The van der Waals surface area contributed by atoms with Gasteiger partial charge in [0.2, 0.25) is 8.32 Å². The largest absolute Gasteiger partial charge is 0.544 e. The predicted octanol–water partition coefficient (Wildman–Crippen LogP) is 5.06. The van der Waals surface area contributed by atoms with Crippen molar-refractivity contribution >= 4 is 14.3 Å². The summed E-state index contributed by atoms with van der Waals surface area (Å²) in [5.74, 6) is 0.549. The Hall–Kier alpha value is -2.33. The summed E-state index contributed by atoms with van der Waals surface area (Å²) in [7, 11) is -1.91. The second kappa shape index (κ2) is 8.50. The minimum Gasteiger partial charge on any atom is -0.544 e. The van der Waals surface area contributed by atoms with Gasteiger partial charge in [-0.3, -0.25) is 0 Å². The molecule has 0 fully saturated rings. The molecule has 2 rings (SSSR count). The third-order valence-electron chi connectivity index (χ3n) is 3.69. The van der Waals surface area contributed by atoms with E-state index in [2.05, 4.69) is 37.9 Å². The molecule has 24 heavy (non-hydrogen) atoms. The molecule has 0 aromatic heterocycles. The number of esters is 1. The third kappa shape index (κ3) is 5.39. The van der Waals surface area contributed by atoms with Crippen LogP contribution >= 0.6 is 0 Å². The third-order valence-corrected chi connectivity index (χ3v) is 6.02. The van der Waals surface area contributed by atoms with Crippen LogP contribution in [0, 0.1) is 0 Å². The van der Waals surface area contributed by atoms with Crippen LogP contribution < -0.4 is 4.43 Å². The summed E-state index contributed by atoms with van der Waals surface area (Å²) in [5, 5.41) is 0. The molecule has 0 amide bonds. The molecule has 0 atom stereocenters. The van der Waals surface area contributed by atoms with Crippen molar-refractivity contribution in [2.24, 2.45) is 0 Å². The van der Waals surface area contributed by atoms with E-state index in [1.807, 2.05) is 36.4 Å². The highest BCUT2D eigenvalue weighted by molar-refractivity contribution is 6.71. The monoisotopic (exact) mass is 340 g/mol. The van der Waals surface area contributed by atoms with Crippen LogP contribution in [0.4, 0.5) is 0 Å². The number of ether oxygens (including phenoxy) is 1. The van der Waals surface area contributed by atoms with Gasteiger partial charge in [0.15, 0.2) is 0 Å². The molecular weight excluding hydrogens is 316 g/mol. The van der Waals surface area contributed by atoms with Crippen LogP contribution in [0.2, 0.25) is 19.1 Å². The topological polar surface area (TPSA) is 35.5 Å². The van der Waals surface area contributed by atoms with Gasteiger partial charge in [0.1, 0.15) is 5.75 Å². The van der Waals surface area contributed by atoms with E-state index in [4.69, 9.17) is 9.16 Å². The quantitative estimate of drug-likeness (QED) is 0.292. The Bertz CT molecular complexity index is 680. The zero-order chi connectivity index (χ0) is 17.4. The Morgan fingerprint density at radius 2 is 1.75 bits per heavy atom. The van der Waals surface area contributed by atoms with Crippen LogP contribution in [0.25, 0.3) is 11.1 Å². The van der Waals surface area contributed by atoms with Crippen molar-refractivity contribution in [3.05, 3.63) is 67.3 Å². The molecule has 0 aliphatic carbocycles. The molecule has 0 aliphatic rings. The zero-order valence-corrected chi connectivity index (χ0v) is 15.3. The smallest absolute Gasteiger partial charge is 0.330 e. The van der Waals surface area contributed by atoms with Gasteiger partial charge >= 0.3 is 5.97 Å². The fourth-order valence-electron chi connectivity index (χ4n) is 2.49. The maximum atomic E-state index is 11.1. The van der Waals surface area contributed by atoms with E-state index in [9.17, 15) is 4.79 Å². The van der Waals surface area contributed by atoms with E-state index in [1.165, 1.54) is 6.08 Å². The lowest BCUT2D eigenvalue weighted by Gasteiger charge is -2.26. The van der Waals surface area contributed by atoms with Gasteiger partial charge < -0.3 is 9.16 Å². The Morgan fingerprint density at radius 3 is 2.46 bits per heavy atom. The summed E-state index contributed by atoms with van der Waals surface area (Å²) >= 11 is 0. The number of hydrogen-bond donors (Lipinski definition) is 0. The molecule has 2 aromatic rings. The summed E-state index contributed by atoms with van der Waals surface area (Å²) in [5.41, 5.74) is 2.26. The molecule has 0 aliphatic heterocycles. The fraction of sp³-hybridized carbons (Fsp3) is 0.250. The second-order valence-electron chi connectivity index (χ2n) is 6.20. The van der Waals surface area contributed by atoms with Crippen molar-refractivity contribution < 1.29 is 14.0 Å². The van der Waals surface area contributed by atoms with Gasteiger partial charge in [-0.25, -0.2) is 4.79 Å². The average molecular weight is 340 g/mol. The minimum absolute atomic E-state index is 0.371. The Morgan fingerprint density at radius 1 is 1.08 bits per heavy atom. The van der Waals surface area contributed by atoms with Crippen molar-refractivity contribution in [2.45, 2.75) is 25.6 Å². The van der Waals surface area contributed by atoms with Gasteiger partial charge in [-0.1, -0.05) is 55.1 Å². The Kier molecular flexibility index (Phi) is 6.38. The maximum Gasteiger partial charge on any atom is 0.330 e. The van der Waals surface area contributed by atoms with Crippen molar-refractivity contribution in [3.63, 3.8) is 0 Å². The van der Waals surface area contributed by atoms with Crippen LogP contribution in [0.15, 0.2) is 67.3 Å². The van der Waals surface area contributed by atoms with E-state index in [0.29, 0.717) is 6.61 Å². The molecule has 3 nitrogen and oxygen atoms in total. The normalized spacial score (nSPS) is 10.9. The van der Waals surface area contributed by atoms with Crippen LogP contribution in [-0.4, -0.2) is 20.9 Å². The van der Waals surface area contributed by atoms with Gasteiger partial charge in [-0.2, -0.15) is 0 Å². The molecule has 0 radical (unpaired) electrons. The number of para-hydroxylation sites is 1. The first-order valence-corrected chi connectivity index (χ1v) is 11.3. The van der Waals surface area contributed by atoms with Crippen LogP contribution in [0.3, 0.4) is 0 Å². The maximum absolute atomic E-state index is 11.1. The number of carbonyl (C=O) groups excluding carboxylic acids is 1. The molecule has 0 unspecified atom stereocenters. The minimum atomic E-state index is -1.91. The first kappa shape index (κ1) is 18.0. The number of benzene rings is 2. The van der Waals surface area contributed by atoms with Crippen molar-refractivity contribution in [3.8, 4) is 16.9 Å². The van der Waals surface area contributed by atoms with Gasteiger partial charge in [-0.15, -0.1) is 0 Å². The Balaban J connectivity index is 2.02. The standard InChI is InChI=1S/C20H24O3Si/c1-4-20(21)22-15-10-16-24(2,3)23-19-14-9-8-13-18(19)17-11-6-5-7-12-17/h4-9,11-14H,1,10,15-16H2,2-3H3. The highest BCUT2D eigenvalue weighted by atomic mass is 28.4. The average Bonchev–Trinajstić information content (AvgIpc) is 2.59. The van der Waals surface area contributed by atoms with Crippen molar-refractivity contribution in [1.82, 2.24) is 0 Å². The fourth-order valence-corrected chi connectivity index (χ4v) is 4.36. The number of carbonyl (C=O) groups is 1. The second-order valence-corrected chi connectivity index (χ2v) is 10.4. The van der Waals surface area contributed by atoms with Crippen molar-refractivity contribution in [1.29, 1.82) is 0 Å². The van der Waals surface area contributed by atoms with Gasteiger partial charge in [0, 0.05) is 11.6 Å². The van der Waals surface area contributed by atoms with Gasteiger partial charge in [-0.05, 0) is 37.2 Å². The molecule has 0 spiro atoms. The highest BCUT2D eigenvalue weighted by Gasteiger charge is 2.25. The van der Waals surface area contributed by atoms with E-state index in [0.717, 1.165) is 29.3 Å². The number of hydrogen-bond acceptors (Lipinski definition) is 3. The highest BCUT2D eigenvalue weighted by Crippen LogP contribution is 2.32. The van der Waals surface area contributed by atoms with E-state index in [1.54, 1.807) is 0 Å². The molecule has 0 saturated heterocycles. The Labute approximate surface area is 145 Å². The van der Waals surface area contributed by atoms with Crippen LogP contribution in [0.1, 0.15) is 6.42 Å². The molecule has 0 N–H and O–H groups in total. The molecule has 4 heteroatoms. The summed E-state index contributed by atoms with van der Waals surface area (Å²) in [6.45, 7) is 8.17. The summed E-state index contributed by atoms with van der Waals surface area (Å²) in [6, 6.07) is 19.3. The van der Waals surface area contributed by atoms with Crippen LogP contribution in [-0.2, 0) is 9.53 Å². The molecule has 2 aromatic carbocycles. The SMILES string of the molecule is C=CC(=O)OCCC[Si](C)(C)Oc1ccccc1-c1ccccc1. The van der Waals surface area contributed by atoms with Gasteiger partial charge in [0.25, 0.3) is 0 Å². The zero-order valence-electron chi connectivity index (χ0n) is 14.3. The lowest BCUT2D eigenvalue weighted by atomic mass is 10.1. The number of rotatable bonds is 8. The molecule has 0 heterocycles. The van der Waals surface area contributed by atoms with E-state index >= 15 is 0 Å². The first-order valence-electron chi connectivity index (χ1n) is 8.14. The summed E-state index contributed by atoms with van der Waals surface area (Å²) < 4.78 is 11.4. The summed E-state index contributed by atoms with van der Waals surface area (Å²) in [4.78, 5) is 11.1. The first-order chi connectivity index (χ1) is 11.5. The lowest BCUT2D eigenvalue weighted by Crippen LogP contribution is -2.34. The lowest BCUT2D eigenvalue weighted by molar-refractivity contribution is -0.137. The van der Waals surface area contributed by atoms with Gasteiger partial charge in [0.05, 0.1) is 6.61 Å². The van der Waals surface area contributed by atoms with Crippen molar-refractivity contribution in [2.75, 3.05) is 6.61 Å². The van der Waals surface area contributed by atoms with Crippen LogP contribution in [0.5, 0.6) is 5.75 Å². The summed E-state index contributed by atoms with van der Waals surface area (Å²) in [6.07, 6.45) is 1.99. The molecule has 126 valence electrons. The molecular formula is C20H24O3Si.